The molecule has 0 bridgehead atoms. The number of piperazine rings is 1. The topological polar surface area (TPSA) is 54.3 Å². The van der Waals surface area contributed by atoms with Gasteiger partial charge in [-0.15, -0.1) is 11.3 Å². The van der Waals surface area contributed by atoms with Gasteiger partial charge in [-0.1, -0.05) is 19.9 Å². The van der Waals surface area contributed by atoms with Gasteiger partial charge in [0, 0.05) is 43.8 Å². The van der Waals surface area contributed by atoms with E-state index in [0.717, 1.165) is 48.0 Å². The van der Waals surface area contributed by atoms with Gasteiger partial charge in [-0.25, -0.2) is 9.67 Å². The van der Waals surface area contributed by atoms with Gasteiger partial charge in [-0.3, -0.25) is 9.69 Å². The van der Waals surface area contributed by atoms with E-state index in [-0.39, 0.29) is 11.8 Å². The highest BCUT2D eigenvalue weighted by Gasteiger charge is 2.27. The molecular weight excluding hydrogens is 450 g/mol. The number of pyridine rings is 1. The number of rotatable bonds is 5. The first-order valence-electron chi connectivity index (χ1n) is 9.78. The lowest BCUT2D eigenvalue weighted by molar-refractivity contribution is 0.0628. The molecule has 1 aliphatic rings. The van der Waals surface area contributed by atoms with Crippen molar-refractivity contribution in [1.29, 1.82) is 0 Å². The Morgan fingerprint density at radius 3 is 2.59 bits per heavy atom. The van der Waals surface area contributed by atoms with Crippen molar-refractivity contribution in [1.82, 2.24) is 24.6 Å². The summed E-state index contributed by atoms with van der Waals surface area (Å²) in [6, 6.07) is 9.97. The van der Waals surface area contributed by atoms with Crippen LogP contribution in [0.5, 0.6) is 0 Å². The summed E-state index contributed by atoms with van der Waals surface area (Å²) in [7, 11) is 0. The number of carbonyl (C=O) groups is 1. The summed E-state index contributed by atoms with van der Waals surface area (Å²) in [4.78, 5) is 23.4. The number of amides is 1. The summed E-state index contributed by atoms with van der Waals surface area (Å²) in [6.45, 7) is 8.34. The van der Waals surface area contributed by atoms with Gasteiger partial charge in [-0.05, 0) is 46.1 Å². The van der Waals surface area contributed by atoms with Crippen molar-refractivity contribution in [2.24, 2.45) is 0 Å². The Kier molecular flexibility index (Phi) is 6.12. The van der Waals surface area contributed by atoms with E-state index in [9.17, 15) is 4.79 Å². The fourth-order valence-electron chi connectivity index (χ4n) is 3.68. The van der Waals surface area contributed by atoms with Gasteiger partial charge in [0.05, 0.1) is 21.2 Å². The van der Waals surface area contributed by atoms with E-state index in [1.54, 1.807) is 28.4 Å². The molecule has 29 heavy (non-hydrogen) atoms. The smallest absolute Gasteiger partial charge is 0.257 e. The number of thiophene rings is 1. The fourth-order valence-corrected chi connectivity index (χ4v) is 5.20. The maximum atomic E-state index is 13.3. The molecule has 3 aromatic rings. The highest BCUT2D eigenvalue weighted by molar-refractivity contribution is 9.11. The van der Waals surface area contributed by atoms with Crippen LogP contribution in [0.2, 0.25) is 0 Å². The zero-order valence-electron chi connectivity index (χ0n) is 16.6. The molecule has 0 aliphatic carbocycles. The molecule has 8 heteroatoms. The quantitative estimate of drug-likeness (QED) is 0.557. The third-order valence-electron chi connectivity index (χ3n) is 5.12. The number of halogens is 1. The van der Waals surface area contributed by atoms with E-state index < -0.39 is 0 Å². The molecule has 0 unspecified atom stereocenters. The molecule has 0 saturated carbocycles. The van der Waals surface area contributed by atoms with Crippen molar-refractivity contribution in [3.8, 4) is 5.82 Å². The van der Waals surface area contributed by atoms with Crippen LogP contribution >= 0.6 is 27.3 Å². The van der Waals surface area contributed by atoms with Crippen molar-refractivity contribution in [3.63, 3.8) is 0 Å². The van der Waals surface area contributed by atoms with E-state index in [2.05, 4.69) is 56.9 Å². The van der Waals surface area contributed by atoms with Crippen molar-refractivity contribution in [2.45, 2.75) is 26.3 Å². The van der Waals surface area contributed by atoms with Gasteiger partial charge < -0.3 is 4.90 Å². The Bertz CT molecular complexity index is 976. The molecule has 1 saturated heterocycles. The maximum absolute atomic E-state index is 13.3. The van der Waals surface area contributed by atoms with Gasteiger partial charge in [0.2, 0.25) is 0 Å². The Labute approximate surface area is 183 Å². The summed E-state index contributed by atoms with van der Waals surface area (Å²) >= 11 is 5.29. The number of aromatic nitrogens is 3. The zero-order chi connectivity index (χ0) is 20.4. The predicted molar refractivity (Wildman–Crippen MR) is 119 cm³/mol. The Balaban J connectivity index is 1.47. The predicted octanol–water partition coefficient (Wildman–Crippen LogP) is 4.17. The lowest BCUT2D eigenvalue weighted by Gasteiger charge is -2.34. The lowest BCUT2D eigenvalue weighted by atomic mass is 10.0. The largest absolute Gasteiger partial charge is 0.336 e. The van der Waals surface area contributed by atoms with Crippen LogP contribution in [0.1, 0.15) is 40.7 Å². The first-order valence-corrected chi connectivity index (χ1v) is 11.4. The standard InChI is InChI=1S/C21H24BrN5OS/c1-15(2)20-17(13-24-27(20)19-5-3-4-8-23-19)21(28)26-11-9-25(10-12-26)14-16-6-7-18(22)29-16/h3-8,13,15H,9-12,14H2,1-2H3. The third-order valence-corrected chi connectivity index (χ3v) is 6.73. The lowest BCUT2D eigenvalue weighted by Crippen LogP contribution is -2.48. The number of nitrogens with zero attached hydrogens (tertiary/aromatic N) is 5. The average Bonchev–Trinajstić information content (AvgIpc) is 3.35. The second-order valence-corrected chi connectivity index (χ2v) is 10.0. The summed E-state index contributed by atoms with van der Waals surface area (Å²) in [6.07, 6.45) is 3.44. The Morgan fingerprint density at radius 1 is 1.17 bits per heavy atom. The SMILES string of the molecule is CC(C)c1c(C(=O)N2CCN(Cc3ccc(Br)s3)CC2)cnn1-c1ccccn1. The van der Waals surface area contributed by atoms with Gasteiger partial charge in [-0.2, -0.15) is 5.10 Å². The van der Waals surface area contributed by atoms with Crippen LogP contribution in [0.4, 0.5) is 0 Å². The molecule has 152 valence electrons. The number of carbonyl (C=O) groups excluding carboxylic acids is 1. The minimum Gasteiger partial charge on any atom is -0.336 e. The second kappa shape index (κ2) is 8.77. The number of hydrogen-bond acceptors (Lipinski definition) is 5. The van der Waals surface area contributed by atoms with Crippen LogP contribution in [-0.4, -0.2) is 56.7 Å². The molecule has 0 atom stereocenters. The summed E-state index contributed by atoms with van der Waals surface area (Å²) in [5.74, 6) is 0.966. The summed E-state index contributed by atoms with van der Waals surface area (Å²) in [5, 5.41) is 4.49. The Morgan fingerprint density at radius 2 is 1.97 bits per heavy atom. The molecule has 0 spiro atoms. The fraction of sp³-hybridized carbons (Fsp3) is 0.381. The van der Waals surface area contributed by atoms with Crippen LogP contribution in [0.25, 0.3) is 5.82 Å². The van der Waals surface area contributed by atoms with E-state index in [1.165, 1.54) is 4.88 Å². The molecule has 0 radical (unpaired) electrons. The Hall–Kier alpha value is -2.03. The van der Waals surface area contributed by atoms with Crippen LogP contribution in [0.3, 0.4) is 0 Å². The summed E-state index contributed by atoms with van der Waals surface area (Å²) < 4.78 is 2.95. The molecule has 1 amide bonds. The highest BCUT2D eigenvalue weighted by atomic mass is 79.9. The van der Waals surface area contributed by atoms with Gasteiger partial charge in [0.1, 0.15) is 0 Å². The van der Waals surface area contributed by atoms with E-state index in [4.69, 9.17) is 0 Å². The summed E-state index contributed by atoms with van der Waals surface area (Å²) in [5.41, 5.74) is 1.60. The van der Waals surface area contributed by atoms with E-state index in [0.29, 0.717) is 5.56 Å². The second-order valence-electron chi connectivity index (χ2n) is 7.47. The van der Waals surface area contributed by atoms with Gasteiger partial charge >= 0.3 is 0 Å². The van der Waals surface area contributed by atoms with Gasteiger partial charge in [0.25, 0.3) is 5.91 Å². The molecule has 4 rings (SSSR count). The van der Waals surface area contributed by atoms with Crippen LogP contribution in [-0.2, 0) is 6.54 Å². The van der Waals surface area contributed by atoms with Crippen LogP contribution in [0, 0.1) is 0 Å². The van der Waals surface area contributed by atoms with Crippen molar-refractivity contribution >= 4 is 33.2 Å². The normalized spacial score (nSPS) is 15.2. The highest BCUT2D eigenvalue weighted by Crippen LogP contribution is 2.25. The first kappa shape index (κ1) is 20.3. The third kappa shape index (κ3) is 4.44. The molecular formula is C21H24BrN5OS. The molecule has 3 aromatic heterocycles. The monoisotopic (exact) mass is 473 g/mol. The van der Waals surface area contributed by atoms with E-state index in [1.807, 2.05) is 23.1 Å². The molecule has 6 nitrogen and oxygen atoms in total. The van der Waals surface area contributed by atoms with Crippen LogP contribution < -0.4 is 0 Å². The molecule has 4 heterocycles. The van der Waals surface area contributed by atoms with Crippen molar-refractivity contribution in [3.05, 3.63) is 62.6 Å². The molecule has 1 fully saturated rings. The zero-order valence-corrected chi connectivity index (χ0v) is 19.0. The van der Waals surface area contributed by atoms with Crippen molar-refractivity contribution < 1.29 is 4.79 Å². The molecule has 1 aliphatic heterocycles. The number of hydrogen-bond donors (Lipinski definition) is 0. The van der Waals surface area contributed by atoms with Crippen molar-refractivity contribution in [2.75, 3.05) is 26.2 Å². The van der Waals surface area contributed by atoms with E-state index >= 15 is 0 Å². The molecule has 0 aromatic carbocycles. The maximum Gasteiger partial charge on any atom is 0.257 e. The first-order chi connectivity index (χ1) is 14.0. The molecule has 0 N–H and O–H groups in total. The average molecular weight is 474 g/mol. The van der Waals surface area contributed by atoms with Gasteiger partial charge in [0.15, 0.2) is 5.82 Å². The minimum atomic E-state index is 0.0643. The minimum absolute atomic E-state index is 0.0643. The van der Waals surface area contributed by atoms with Crippen LogP contribution in [0.15, 0.2) is 46.5 Å².